The molecule has 1 atom stereocenters. The highest BCUT2D eigenvalue weighted by atomic mass is 16.1. The van der Waals surface area contributed by atoms with Gasteiger partial charge in [0.05, 0.1) is 0 Å². The van der Waals surface area contributed by atoms with Crippen molar-refractivity contribution < 1.29 is 4.79 Å². The van der Waals surface area contributed by atoms with Gasteiger partial charge in [0.15, 0.2) is 0 Å². The summed E-state index contributed by atoms with van der Waals surface area (Å²) in [6.07, 6.45) is 0.697. The van der Waals surface area contributed by atoms with Crippen molar-refractivity contribution in [2.45, 2.75) is 33.2 Å². The maximum Gasteiger partial charge on any atom is 0.239 e. The minimum Gasteiger partial charge on any atom is -0.373 e. The van der Waals surface area contributed by atoms with E-state index in [1.165, 1.54) is 5.56 Å². The van der Waals surface area contributed by atoms with Crippen LogP contribution in [0.3, 0.4) is 0 Å². The van der Waals surface area contributed by atoms with Crippen LogP contribution in [0.1, 0.15) is 24.5 Å². The molecular formula is C12H18N2O. The standard InChI is InChI=1S/C12H18N2O/c1-4-10(12(13)15)14-11-7-8(2)5-6-9(11)3/h5-7,10,14H,4H2,1-3H3,(H2,13,15). The maximum absolute atomic E-state index is 11.1. The molecule has 0 spiro atoms. The zero-order valence-electron chi connectivity index (χ0n) is 9.50. The summed E-state index contributed by atoms with van der Waals surface area (Å²) in [6.45, 7) is 5.97. The molecule has 0 aliphatic rings. The third-order valence-corrected chi connectivity index (χ3v) is 2.47. The first kappa shape index (κ1) is 11.6. The van der Waals surface area contributed by atoms with E-state index in [2.05, 4.69) is 5.32 Å². The number of carbonyl (C=O) groups excluding carboxylic acids is 1. The van der Waals surface area contributed by atoms with E-state index in [0.717, 1.165) is 11.3 Å². The van der Waals surface area contributed by atoms with Gasteiger partial charge in [0.2, 0.25) is 5.91 Å². The zero-order valence-corrected chi connectivity index (χ0v) is 9.50. The van der Waals surface area contributed by atoms with Gasteiger partial charge >= 0.3 is 0 Å². The molecular weight excluding hydrogens is 188 g/mol. The monoisotopic (exact) mass is 206 g/mol. The van der Waals surface area contributed by atoms with E-state index in [1.54, 1.807) is 0 Å². The molecule has 0 aromatic heterocycles. The van der Waals surface area contributed by atoms with Crippen LogP contribution in [0.2, 0.25) is 0 Å². The molecule has 0 saturated heterocycles. The fourth-order valence-electron chi connectivity index (χ4n) is 1.45. The van der Waals surface area contributed by atoms with Crippen molar-refractivity contribution in [2.75, 3.05) is 5.32 Å². The van der Waals surface area contributed by atoms with Gasteiger partial charge in [-0.25, -0.2) is 0 Å². The average molecular weight is 206 g/mol. The second kappa shape index (κ2) is 4.82. The molecule has 0 aliphatic heterocycles. The van der Waals surface area contributed by atoms with Crippen molar-refractivity contribution in [3.05, 3.63) is 29.3 Å². The molecule has 1 unspecified atom stereocenters. The molecule has 0 radical (unpaired) electrons. The van der Waals surface area contributed by atoms with E-state index in [-0.39, 0.29) is 11.9 Å². The lowest BCUT2D eigenvalue weighted by atomic mass is 10.1. The van der Waals surface area contributed by atoms with Crippen molar-refractivity contribution in [1.29, 1.82) is 0 Å². The maximum atomic E-state index is 11.1. The summed E-state index contributed by atoms with van der Waals surface area (Å²) < 4.78 is 0. The van der Waals surface area contributed by atoms with Crippen LogP contribution >= 0.6 is 0 Å². The highest BCUT2D eigenvalue weighted by molar-refractivity contribution is 5.83. The first-order chi connectivity index (χ1) is 7.04. The minimum atomic E-state index is -0.307. The van der Waals surface area contributed by atoms with Crippen LogP contribution in [0.25, 0.3) is 0 Å². The van der Waals surface area contributed by atoms with Crippen molar-refractivity contribution in [3.63, 3.8) is 0 Å². The predicted octanol–water partition coefficient (Wildman–Crippen LogP) is 1.98. The molecule has 1 amide bonds. The van der Waals surface area contributed by atoms with Gasteiger partial charge < -0.3 is 11.1 Å². The van der Waals surface area contributed by atoms with E-state index in [0.29, 0.717) is 6.42 Å². The van der Waals surface area contributed by atoms with Crippen LogP contribution in [0.4, 0.5) is 5.69 Å². The topological polar surface area (TPSA) is 55.1 Å². The third kappa shape index (κ3) is 2.98. The highest BCUT2D eigenvalue weighted by Crippen LogP contribution is 2.17. The zero-order chi connectivity index (χ0) is 11.4. The van der Waals surface area contributed by atoms with Crippen LogP contribution in [0.15, 0.2) is 18.2 Å². The minimum absolute atomic E-state index is 0.287. The Bertz CT molecular complexity index is 361. The number of anilines is 1. The second-order valence-corrected chi connectivity index (χ2v) is 3.83. The van der Waals surface area contributed by atoms with Crippen molar-refractivity contribution in [2.24, 2.45) is 5.73 Å². The molecule has 3 N–H and O–H groups in total. The van der Waals surface area contributed by atoms with E-state index >= 15 is 0 Å². The summed E-state index contributed by atoms with van der Waals surface area (Å²) in [7, 11) is 0. The number of rotatable bonds is 4. The number of benzene rings is 1. The molecule has 1 rings (SSSR count). The average Bonchev–Trinajstić information content (AvgIpc) is 2.18. The molecule has 82 valence electrons. The van der Waals surface area contributed by atoms with E-state index in [1.807, 2.05) is 39.0 Å². The van der Waals surface area contributed by atoms with Gasteiger partial charge in [-0.3, -0.25) is 4.79 Å². The summed E-state index contributed by atoms with van der Waals surface area (Å²) in [5.41, 5.74) is 8.56. The first-order valence-corrected chi connectivity index (χ1v) is 5.17. The molecule has 3 heteroatoms. The second-order valence-electron chi connectivity index (χ2n) is 3.83. The Labute approximate surface area is 90.7 Å². The van der Waals surface area contributed by atoms with Crippen LogP contribution < -0.4 is 11.1 Å². The molecule has 0 heterocycles. The van der Waals surface area contributed by atoms with Crippen LogP contribution in [-0.4, -0.2) is 11.9 Å². The van der Waals surface area contributed by atoms with Crippen molar-refractivity contribution >= 4 is 11.6 Å². The van der Waals surface area contributed by atoms with E-state index in [4.69, 9.17) is 5.73 Å². The first-order valence-electron chi connectivity index (χ1n) is 5.17. The summed E-state index contributed by atoms with van der Waals surface area (Å²) in [5, 5.41) is 3.16. The van der Waals surface area contributed by atoms with Gasteiger partial charge in [-0.1, -0.05) is 19.1 Å². The SMILES string of the molecule is CCC(Nc1cc(C)ccc1C)C(N)=O. The lowest BCUT2D eigenvalue weighted by Gasteiger charge is -2.16. The summed E-state index contributed by atoms with van der Waals surface area (Å²) in [5.74, 6) is -0.307. The van der Waals surface area contributed by atoms with Gasteiger partial charge in [-0.15, -0.1) is 0 Å². The summed E-state index contributed by atoms with van der Waals surface area (Å²) >= 11 is 0. The molecule has 3 nitrogen and oxygen atoms in total. The molecule has 0 bridgehead atoms. The van der Waals surface area contributed by atoms with Gasteiger partial charge in [0, 0.05) is 5.69 Å². The number of nitrogens with two attached hydrogens (primary N) is 1. The molecule has 1 aromatic carbocycles. The number of carbonyl (C=O) groups is 1. The van der Waals surface area contributed by atoms with Crippen molar-refractivity contribution in [1.82, 2.24) is 0 Å². The molecule has 0 aliphatic carbocycles. The number of hydrogen-bond acceptors (Lipinski definition) is 2. The van der Waals surface area contributed by atoms with Gasteiger partial charge in [0.25, 0.3) is 0 Å². The normalized spacial score (nSPS) is 12.2. The Balaban J connectivity index is 2.87. The number of nitrogens with one attached hydrogen (secondary N) is 1. The van der Waals surface area contributed by atoms with Crippen molar-refractivity contribution in [3.8, 4) is 0 Å². The molecule has 0 fully saturated rings. The predicted molar refractivity (Wildman–Crippen MR) is 62.8 cm³/mol. The third-order valence-electron chi connectivity index (χ3n) is 2.47. The van der Waals surface area contributed by atoms with Crippen LogP contribution in [0, 0.1) is 13.8 Å². The van der Waals surface area contributed by atoms with Crippen LogP contribution in [0.5, 0.6) is 0 Å². The fraction of sp³-hybridized carbons (Fsp3) is 0.417. The highest BCUT2D eigenvalue weighted by Gasteiger charge is 2.12. The molecule has 15 heavy (non-hydrogen) atoms. The quantitative estimate of drug-likeness (QED) is 0.791. The number of hydrogen-bond donors (Lipinski definition) is 2. The number of aryl methyl sites for hydroxylation is 2. The van der Waals surface area contributed by atoms with E-state index < -0.39 is 0 Å². The Kier molecular flexibility index (Phi) is 3.72. The molecule has 1 aromatic rings. The van der Waals surface area contributed by atoms with Crippen LogP contribution in [-0.2, 0) is 4.79 Å². The number of amides is 1. The molecule has 0 saturated carbocycles. The lowest BCUT2D eigenvalue weighted by Crippen LogP contribution is -2.34. The largest absolute Gasteiger partial charge is 0.373 e. The summed E-state index contributed by atoms with van der Waals surface area (Å²) in [4.78, 5) is 11.1. The number of primary amides is 1. The Morgan fingerprint density at radius 3 is 2.67 bits per heavy atom. The smallest absolute Gasteiger partial charge is 0.239 e. The Hall–Kier alpha value is -1.51. The Morgan fingerprint density at radius 1 is 1.47 bits per heavy atom. The van der Waals surface area contributed by atoms with E-state index in [9.17, 15) is 4.79 Å². The van der Waals surface area contributed by atoms with Gasteiger partial charge in [-0.05, 0) is 37.5 Å². The van der Waals surface area contributed by atoms with Gasteiger partial charge in [-0.2, -0.15) is 0 Å². The lowest BCUT2D eigenvalue weighted by molar-refractivity contribution is -0.118. The summed E-state index contributed by atoms with van der Waals surface area (Å²) in [6, 6.07) is 5.82. The Morgan fingerprint density at radius 2 is 2.13 bits per heavy atom. The fourth-order valence-corrected chi connectivity index (χ4v) is 1.45. The van der Waals surface area contributed by atoms with Gasteiger partial charge in [0.1, 0.15) is 6.04 Å².